The molecule has 1 aliphatic heterocycles. The van der Waals surface area contributed by atoms with Gasteiger partial charge in [-0.15, -0.1) is 0 Å². The molecule has 0 spiro atoms. The number of nitrogens with zero attached hydrogens (tertiary/aromatic N) is 2. The molecule has 2 aromatic carbocycles. The molecule has 0 saturated carbocycles. The lowest BCUT2D eigenvalue weighted by Crippen LogP contribution is -2.37. The van der Waals surface area contributed by atoms with Crippen LogP contribution in [0.15, 0.2) is 42.5 Å². The van der Waals surface area contributed by atoms with Crippen LogP contribution in [0.2, 0.25) is 5.02 Å². The lowest BCUT2D eigenvalue weighted by molar-refractivity contribution is -0.127. The van der Waals surface area contributed by atoms with Gasteiger partial charge in [-0.25, -0.2) is 0 Å². The third-order valence-corrected chi connectivity index (χ3v) is 5.47. The zero-order valence-electron chi connectivity index (χ0n) is 15.6. The van der Waals surface area contributed by atoms with Crippen molar-refractivity contribution in [2.75, 3.05) is 30.3 Å². The lowest BCUT2D eigenvalue weighted by Gasteiger charge is -2.32. The summed E-state index contributed by atoms with van der Waals surface area (Å²) in [5, 5.41) is 9.59. The molecule has 3 N–H and O–H groups in total. The number of nitrogen functional groups attached to an aromatic ring is 1. The Balaban J connectivity index is 1.89. The number of carbonyl (C=O) groups excluding carboxylic acids is 1. The predicted octanol–water partition coefficient (Wildman–Crippen LogP) is 3.22. The first-order chi connectivity index (χ1) is 13.0. The van der Waals surface area contributed by atoms with Crippen LogP contribution in [0.1, 0.15) is 24.0 Å². The third-order valence-electron chi connectivity index (χ3n) is 5.14. The number of anilines is 2. The van der Waals surface area contributed by atoms with Gasteiger partial charge >= 0.3 is 0 Å². The van der Waals surface area contributed by atoms with E-state index in [0.717, 1.165) is 5.69 Å². The maximum atomic E-state index is 12.4. The fourth-order valence-corrected chi connectivity index (χ4v) is 3.71. The first-order valence-electron chi connectivity index (χ1n) is 9.24. The van der Waals surface area contributed by atoms with Crippen molar-refractivity contribution in [3.63, 3.8) is 0 Å². The molecule has 2 aromatic rings. The summed E-state index contributed by atoms with van der Waals surface area (Å²) >= 11 is 6.27. The standard InChI is InChI=1S/C21H26ClN3O2/c1-15-5-2-3-6-16(15)13-25(17-7-8-20(23)19(22)11-17)18-12-21(27)24(14-18)9-4-10-26/h2-3,5-8,11,18,26H,4,9-10,12-14,23H2,1H3/t18-/m0/s1. The van der Waals surface area contributed by atoms with E-state index in [1.807, 2.05) is 35.2 Å². The van der Waals surface area contributed by atoms with Gasteiger partial charge in [0.15, 0.2) is 0 Å². The van der Waals surface area contributed by atoms with E-state index in [0.29, 0.717) is 43.2 Å². The number of aliphatic hydroxyl groups excluding tert-OH is 1. The maximum Gasteiger partial charge on any atom is 0.224 e. The number of aliphatic hydroxyl groups is 1. The van der Waals surface area contributed by atoms with Gasteiger partial charge in [0, 0.05) is 38.3 Å². The number of hydrogen-bond acceptors (Lipinski definition) is 4. The topological polar surface area (TPSA) is 69.8 Å². The largest absolute Gasteiger partial charge is 0.398 e. The average Bonchev–Trinajstić information content (AvgIpc) is 3.02. The summed E-state index contributed by atoms with van der Waals surface area (Å²) in [6, 6.07) is 14.0. The minimum absolute atomic E-state index is 0.0514. The molecule has 1 fully saturated rings. The van der Waals surface area contributed by atoms with Crippen molar-refractivity contribution in [3.8, 4) is 0 Å². The summed E-state index contributed by atoms with van der Waals surface area (Å²) in [5.74, 6) is 0.129. The lowest BCUT2D eigenvalue weighted by atomic mass is 10.1. The molecule has 5 nitrogen and oxygen atoms in total. The molecule has 1 heterocycles. The molecule has 6 heteroatoms. The number of hydrogen-bond donors (Lipinski definition) is 2. The molecule has 144 valence electrons. The number of rotatable bonds is 7. The Morgan fingerprint density at radius 2 is 2.07 bits per heavy atom. The molecule has 0 unspecified atom stereocenters. The Kier molecular flexibility index (Phi) is 6.24. The van der Waals surface area contributed by atoms with Gasteiger partial charge < -0.3 is 20.6 Å². The Bertz CT molecular complexity index is 812. The minimum atomic E-state index is 0.0514. The van der Waals surface area contributed by atoms with E-state index in [2.05, 4.69) is 24.0 Å². The van der Waals surface area contributed by atoms with Crippen LogP contribution in [0, 0.1) is 6.92 Å². The molecule has 1 saturated heterocycles. The van der Waals surface area contributed by atoms with Crippen molar-refractivity contribution in [2.24, 2.45) is 0 Å². The predicted molar refractivity (Wildman–Crippen MR) is 110 cm³/mol. The van der Waals surface area contributed by atoms with Gasteiger partial charge in [-0.2, -0.15) is 0 Å². The molecule has 0 aromatic heterocycles. The van der Waals surface area contributed by atoms with Crippen LogP contribution < -0.4 is 10.6 Å². The molecule has 1 aliphatic rings. The van der Waals surface area contributed by atoms with E-state index < -0.39 is 0 Å². The highest BCUT2D eigenvalue weighted by Gasteiger charge is 2.33. The molecular weight excluding hydrogens is 362 g/mol. The minimum Gasteiger partial charge on any atom is -0.398 e. The molecular formula is C21H26ClN3O2. The first-order valence-corrected chi connectivity index (χ1v) is 9.62. The average molecular weight is 388 g/mol. The smallest absolute Gasteiger partial charge is 0.224 e. The van der Waals surface area contributed by atoms with Gasteiger partial charge in [0.2, 0.25) is 5.91 Å². The maximum absolute atomic E-state index is 12.4. The van der Waals surface area contributed by atoms with E-state index in [4.69, 9.17) is 22.4 Å². The quantitative estimate of drug-likeness (QED) is 0.715. The van der Waals surface area contributed by atoms with Crippen LogP contribution in [0.5, 0.6) is 0 Å². The van der Waals surface area contributed by atoms with Crippen molar-refractivity contribution >= 4 is 28.9 Å². The summed E-state index contributed by atoms with van der Waals surface area (Å²) < 4.78 is 0. The van der Waals surface area contributed by atoms with Gasteiger partial charge in [-0.3, -0.25) is 4.79 Å². The Hall–Kier alpha value is -2.24. The van der Waals surface area contributed by atoms with Crippen LogP contribution in [-0.2, 0) is 11.3 Å². The summed E-state index contributed by atoms with van der Waals surface area (Å²) in [5.41, 5.74) is 9.81. The summed E-state index contributed by atoms with van der Waals surface area (Å²) in [4.78, 5) is 16.5. The zero-order chi connectivity index (χ0) is 19.4. The van der Waals surface area contributed by atoms with Crippen molar-refractivity contribution in [2.45, 2.75) is 32.4 Å². The second kappa shape index (κ2) is 8.63. The van der Waals surface area contributed by atoms with Crippen LogP contribution in [0.4, 0.5) is 11.4 Å². The number of carbonyl (C=O) groups is 1. The van der Waals surface area contributed by atoms with E-state index >= 15 is 0 Å². The highest BCUT2D eigenvalue weighted by molar-refractivity contribution is 6.33. The van der Waals surface area contributed by atoms with Crippen LogP contribution >= 0.6 is 11.6 Å². The second-order valence-electron chi connectivity index (χ2n) is 7.04. The van der Waals surface area contributed by atoms with Crippen molar-refractivity contribution in [1.82, 2.24) is 4.90 Å². The van der Waals surface area contributed by atoms with Crippen LogP contribution in [0.25, 0.3) is 0 Å². The number of amides is 1. The Labute approximate surface area is 165 Å². The van der Waals surface area contributed by atoms with Gasteiger partial charge in [0.05, 0.1) is 16.8 Å². The number of likely N-dealkylation sites (tertiary alicyclic amines) is 1. The highest BCUT2D eigenvalue weighted by atomic mass is 35.5. The second-order valence-corrected chi connectivity index (χ2v) is 7.44. The SMILES string of the molecule is Cc1ccccc1CN(c1ccc(N)c(Cl)c1)[C@H]1CC(=O)N(CCCO)C1. The van der Waals surface area contributed by atoms with E-state index in [1.165, 1.54) is 11.1 Å². The van der Waals surface area contributed by atoms with Gasteiger partial charge in [0.1, 0.15) is 0 Å². The summed E-state index contributed by atoms with van der Waals surface area (Å²) in [7, 11) is 0. The molecule has 0 aliphatic carbocycles. The molecule has 27 heavy (non-hydrogen) atoms. The van der Waals surface area contributed by atoms with E-state index in [-0.39, 0.29) is 18.6 Å². The fourth-order valence-electron chi connectivity index (χ4n) is 3.53. The first kappa shape index (κ1) is 19.5. The number of aryl methyl sites for hydroxylation is 1. The monoisotopic (exact) mass is 387 g/mol. The Morgan fingerprint density at radius 3 is 2.78 bits per heavy atom. The van der Waals surface area contributed by atoms with Crippen molar-refractivity contribution < 1.29 is 9.90 Å². The number of halogens is 1. The van der Waals surface area contributed by atoms with Crippen LogP contribution in [-0.4, -0.2) is 41.7 Å². The van der Waals surface area contributed by atoms with Crippen LogP contribution in [0.3, 0.4) is 0 Å². The number of benzene rings is 2. The zero-order valence-corrected chi connectivity index (χ0v) is 16.3. The number of nitrogens with two attached hydrogens (primary N) is 1. The summed E-state index contributed by atoms with van der Waals surface area (Å²) in [6.07, 6.45) is 1.06. The van der Waals surface area contributed by atoms with Gasteiger partial charge in [-0.05, 0) is 42.7 Å². The Morgan fingerprint density at radius 1 is 1.30 bits per heavy atom. The summed E-state index contributed by atoms with van der Waals surface area (Å²) in [6.45, 7) is 4.11. The van der Waals surface area contributed by atoms with Crippen molar-refractivity contribution in [1.29, 1.82) is 0 Å². The van der Waals surface area contributed by atoms with E-state index in [1.54, 1.807) is 0 Å². The molecule has 3 rings (SSSR count). The molecule has 1 atom stereocenters. The fraction of sp³-hybridized carbons (Fsp3) is 0.381. The third kappa shape index (κ3) is 4.54. The van der Waals surface area contributed by atoms with Crippen molar-refractivity contribution in [3.05, 3.63) is 58.6 Å². The van der Waals surface area contributed by atoms with E-state index in [9.17, 15) is 4.79 Å². The van der Waals surface area contributed by atoms with Gasteiger partial charge in [-0.1, -0.05) is 35.9 Å². The molecule has 0 bridgehead atoms. The van der Waals surface area contributed by atoms with Gasteiger partial charge in [0.25, 0.3) is 0 Å². The molecule has 1 amide bonds. The highest BCUT2D eigenvalue weighted by Crippen LogP contribution is 2.31. The molecule has 0 radical (unpaired) electrons. The normalized spacial score (nSPS) is 16.8.